The van der Waals surface area contributed by atoms with Crippen molar-refractivity contribution < 1.29 is 22.7 Å². The second kappa shape index (κ2) is 16.5. The van der Waals surface area contributed by atoms with Gasteiger partial charge in [-0.25, -0.2) is 8.42 Å². The summed E-state index contributed by atoms with van der Waals surface area (Å²) in [5, 5.41) is 3.25. The topological polar surface area (TPSA) is 96.0 Å². The molecule has 0 bridgehead atoms. The number of rotatable bonds is 14. The van der Waals surface area contributed by atoms with Crippen molar-refractivity contribution in [2.45, 2.75) is 75.9 Å². The number of hydrogen-bond acceptors (Lipinski definition) is 5. The number of sulfonamides is 1. The molecule has 9 heteroatoms. The average molecular weight is 668 g/mol. The summed E-state index contributed by atoms with van der Waals surface area (Å²) in [5.74, 6) is -0.394. The molecule has 1 aliphatic carbocycles. The Morgan fingerprint density at radius 3 is 2.17 bits per heavy atom. The highest BCUT2D eigenvalue weighted by Crippen LogP contribution is 2.33. The van der Waals surface area contributed by atoms with Crippen LogP contribution in [0.15, 0.2) is 114 Å². The summed E-state index contributed by atoms with van der Waals surface area (Å²) in [5.41, 5.74) is 3.02. The molecule has 1 saturated carbocycles. The maximum absolute atomic E-state index is 14.8. The number of carbonyl (C=O) groups excluding carboxylic acids is 2. The molecule has 0 aliphatic heterocycles. The van der Waals surface area contributed by atoms with E-state index < -0.39 is 28.5 Å². The zero-order chi connectivity index (χ0) is 33.9. The lowest BCUT2D eigenvalue weighted by Crippen LogP contribution is -2.55. The number of aryl methyl sites for hydroxylation is 1. The number of carbonyl (C=O) groups is 2. The number of hydrogen-bond donors (Lipinski definition) is 1. The van der Waals surface area contributed by atoms with Gasteiger partial charge in [-0.15, -0.1) is 0 Å². The summed E-state index contributed by atoms with van der Waals surface area (Å²) in [4.78, 5) is 30.7. The average Bonchev–Trinajstić information content (AvgIpc) is 3.10. The van der Waals surface area contributed by atoms with Crippen LogP contribution in [-0.2, 0) is 32.6 Å². The minimum Gasteiger partial charge on any atom is -0.492 e. The van der Waals surface area contributed by atoms with Crippen molar-refractivity contribution in [2.24, 2.45) is 0 Å². The van der Waals surface area contributed by atoms with Gasteiger partial charge < -0.3 is 15.0 Å². The van der Waals surface area contributed by atoms with E-state index in [9.17, 15) is 18.0 Å². The number of anilines is 1. The Bertz CT molecular complexity index is 1760. The van der Waals surface area contributed by atoms with E-state index in [1.807, 2.05) is 68.4 Å². The molecule has 2 amide bonds. The molecule has 252 valence electrons. The van der Waals surface area contributed by atoms with Crippen molar-refractivity contribution in [3.05, 3.63) is 126 Å². The van der Waals surface area contributed by atoms with Gasteiger partial charge in [0.15, 0.2) is 0 Å². The van der Waals surface area contributed by atoms with Crippen LogP contribution in [0.1, 0.15) is 55.7 Å². The lowest BCUT2D eigenvalue weighted by atomic mass is 9.94. The van der Waals surface area contributed by atoms with Crippen LogP contribution in [0, 0.1) is 6.92 Å². The Kier molecular flexibility index (Phi) is 11.9. The number of nitrogens with zero attached hydrogens (tertiary/aromatic N) is 2. The highest BCUT2D eigenvalue weighted by Gasteiger charge is 2.36. The molecule has 1 atom stereocenters. The molecule has 4 aromatic rings. The normalized spacial score (nSPS) is 14.1. The minimum atomic E-state index is -4.23. The van der Waals surface area contributed by atoms with Crippen molar-refractivity contribution in [1.82, 2.24) is 10.2 Å². The number of amides is 2. The third-order valence-electron chi connectivity index (χ3n) is 8.70. The van der Waals surface area contributed by atoms with E-state index in [1.54, 1.807) is 47.4 Å². The van der Waals surface area contributed by atoms with Crippen molar-refractivity contribution in [1.29, 1.82) is 0 Å². The predicted molar refractivity (Wildman–Crippen MR) is 189 cm³/mol. The minimum absolute atomic E-state index is 0.0356. The number of para-hydroxylation sites is 2. The molecule has 1 fully saturated rings. The summed E-state index contributed by atoms with van der Waals surface area (Å²) in [6.45, 7) is 3.70. The molecule has 1 aliphatic rings. The first kappa shape index (κ1) is 34.7. The van der Waals surface area contributed by atoms with Crippen LogP contribution in [0.25, 0.3) is 0 Å². The Labute approximate surface area is 284 Å². The standard InChI is InChI=1S/C39H45N3O5S/c1-3-47-37-25-14-13-24-35(37)42(48(45,46)34-22-11-6-12-23-34)29-38(43)41(28-32-19-15-16-30(2)26-32)36(27-31-17-7-4-8-18-31)39(44)40-33-20-9-5-10-21-33/h4,6-8,11-19,22-26,33,36H,3,5,9-10,20-21,27-29H2,1-2H3,(H,40,44). The van der Waals surface area contributed by atoms with Gasteiger partial charge in [0.05, 0.1) is 17.2 Å². The van der Waals surface area contributed by atoms with Crippen LogP contribution in [0.5, 0.6) is 5.75 Å². The second-order valence-electron chi connectivity index (χ2n) is 12.3. The van der Waals surface area contributed by atoms with Gasteiger partial charge in [-0.3, -0.25) is 13.9 Å². The van der Waals surface area contributed by atoms with Gasteiger partial charge in [-0.05, 0) is 62.1 Å². The third-order valence-corrected chi connectivity index (χ3v) is 10.5. The molecule has 0 saturated heterocycles. The van der Waals surface area contributed by atoms with Crippen molar-refractivity contribution >= 4 is 27.5 Å². The summed E-state index contributed by atoms with van der Waals surface area (Å²) < 4.78 is 35.6. The van der Waals surface area contributed by atoms with E-state index in [4.69, 9.17) is 4.74 Å². The fourth-order valence-electron chi connectivity index (χ4n) is 6.28. The molecule has 0 aromatic heterocycles. The van der Waals surface area contributed by atoms with E-state index >= 15 is 0 Å². The fraction of sp³-hybridized carbons (Fsp3) is 0.333. The predicted octanol–water partition coefficient (Wildman–Crippen LogP) is 6.68. The molecule has 0 spiro atoms. The maximum atomic E-state index is 14.8. The van der Waals surface area contributed by atoms with E-state index in [-0.39, 0.29) is 35.5 Å². The second-order valence-corrected chi connectivity index (χ2v) is 14.1. The van der Waals surface area contributed by atoms with Crippen LogP contribution in [0.4, 0.5) is 5.69 Å². The van der Waals surface area contributed by atoms with Gasteiger partial charge >= 0.3 is 0 Å². The van der Waals surface area contributed by atoms with Crippen molar-refractivity contribution in [3.63, 3.8) is 0 Å². The van der Waals surface area contributed by atoms with Crippen LogP contribution in [-0.4, -0.2) is 50.4 Å². The van der Waals surface area contributed by atoms with Gasteiger partial charge in [-0.2, -0.15) is 0 Å². The summed E-state index contributed by atoms with van der Waals surface area (Å²) in [7, 11) is -4.23. The maximum Gasteiger partial charge on any atom is 0.264 e. The molecular formula is C39H45N3O5S. The molecule has 0 heterocycles. The van der Waals surface area contributed by atoms with E-state index in [1.165, 1.54) is 12.1 Å². The lowest BCUT2D eigenvalue weighted by molar-refractivity contribution is -0.140. The lowest BCUT2D eigenvalue weighted by Gasteiger charge is -2.35. The van der Waals surface area contributed by atoms with E-state index in [0.29, 0.717) is 12.4 Å². The Balaban J connectivity index is 1.58. The molecule has 8 nitrogen and oxygen atoms in total. The Morgan fingerprint density at radius 2 is 1.48 bits per heavy atom. The fourth-order valence-corrected chi connectivity index (χ4v) is 7.72. The van der Waals surface area contributed by atoms with Gasteiger partial charge in [0.1, 0.15) is 18.3 Å². The van der Waals surface area contributed by atoms with Gasteiger partial charge in [0.25, 0.3) is 10.0 Å². The zero-order valence-electron chi connectivity index (χ0n) is 27.8. The number of nitrogens with one attached hydrogen (secondary N) is 1. The van der Waals surface area contributed by atoms with Crippen molar-refractivity contribution in [2.75, 3.05) is 17.5 Å². The molecule has 1 N–H and O–H groups in total. The van der Waals surface area contributed by atoms with Crippen LogP contribution >= 0.6 is 0 Å². The molecule has 4 aromatic carbocycles. The first-order valence-electron chi connectivity index (χ1n) is 16.7. The van der Waals surface area contributed by atoms with Crippen LogP contribution < -0.4 is 14.4 Å². The highest BCUT2D eigenvalue weighted by atomic mass is 32.2. The van der Waals surface area contributed by atoms with Gasteiger partial charge in [0, 0.05) is 19.0 Å². The Hall–Kier alpha value is -4.63. The zero-order valence-corrected chi connectivity index (χ0v) is 28.6. The Morgan fingerprint density at radius 1 is 0.833 bits per heavy atom. The molecule has 1 unspecified atom stereocenters. The smallest absolute Gasteiger partial charge is 0.264 e. The number of benzene rings is 4. The SMILES string of the molecule is CCOc1ccccc1N(CC(=O)N(Cc1cccc(C)c1)C(Cc1ccccc1)C(=O)NC1CCCCC1)S(=O)(=O)c1ccccc1. The molecule has 5 rings (SSSR count). The molecule has 48 heavy (non-hydrogen) atoms. The summed E-state index contributed by atoms with van der Waals surface area (Å²) in [6.07, 6.45) is 5.31. The van der Waals surface area contributed by atoms with Crippen LogP contribution in [0.2, 0.25) is 0 Å². The van der Waals surface area contributed by atoms with Gasteiger partial charge in [-0.1, -0.05) is 110 Å². The van der Waals surface area contributed by atoms with Gasteiger partial charge in [0.2, 0.25) is 11.8 Å². The van der Waals surface area contributed by atoms with Crippen LogP contribution in [0.3, 0.4) is 0 Å². The summed E-state index contributed by atoms with van der Waals surface area (Å²) >= 11 is 0. The largest absolute Gasteiger partial charge is 0.492 e. The third kappa shape index (κ3) is 8.83. The number of ether oxygens (including phenoxy) is 1. The highest BCUT2D eigenvalue weighted by molar-refractivity contribution is 7.92. The summed E-state index contributed by atoms with van der Waals surface area (Å²) in [6, 6.07) is 31.5. The first-order valence-corrected chi connectivity index (χ1v) is 18.2. The van der Waals surface area contributed by atoms with E-state index in [0.717, 1.165) is 53.1 Å². The molecular weight excluding hydrogens is 623 g/mol. The van der Waals surface area contributed by atoms with Crippen molar-refractivity contribution in [3.8, 4) is 5.75 Å². The monoisotopic (exact) mass is 667 g/mol. The van der Waals surface area contributed by atoms with E-state index in [2.05, 4.69) is 5.32 Å². The quantitative estimate of drug-likeness (QED) is 0.162. The first-order chi connectivity index (χ1) is 23.3. The molecule has 0 radical (unpaired) electrons.